The average Bonchev–Trinajstić information content (AvgIpc) is 3.36. The third kappa shape index (κ3) is 8.95. The minimum atomic E-state index is -3.98. The third-order valence-corrected chi connectivity index (χ3v) is 7.76. The van der Waals surface area contributed by atoms with E-state index in [9.17, 15) is 24.2 Å². The van der Waals surface area contributed by atoms with E-state index in [1.165, 1.54) is 58.5 Å². The number of carbonyl (C=O) groups excluding carboxylic acids is 1. The monoisotopic (exact) mass is 585 g/mol. The van der Waals surface area contributed by atoms with Gasteiger partial charge in [0.2, 0.25) is 0 Å². The fourth-order valence-corrected chi connectivity index (χ4v) is 5.94. The Labute approximate surface area is 235 Å². The number of ether oxygens (including phenoxy) is 3. The molecule has 2 fully saturated rings. The summed E-state index contributed by atoms with van der Waals surface area (Å²) >= 11 is 0. The zero-order valence-electron chi connectivity index (χ0n) is 23.7. The molecule has 3 rings (SSSR count). The van der Waals surface area contributed by atoms with Crippen LogP contribution in [-0.2, 0) is 23.5 Å². The van der Waals surface area contributed by atoms with Crippen molar-refractivity contribution in [2.24, 2.45) is 0 Å². The van der Waals surface area contributed by atoms with Crippen LogP contribution in [0.1, 0.15) is 82.9 Å². The maximum atomic E-state index is 12.7. The van der Waals surface area contributed by atoms with E-state index in [-0.39, 0.29) is 31.2 Å². The fraction of sp³-hybridized carbons (Fsp3) is 0.741. The molecule has 1 amide bonds. The van der Waals surface area contributed by atoms with Crippen molar-refractivity contribution < 1.29 is 33.3 Å². The summed E-state index contributed by atoms with van der Waals surface area (Å²) in [5, 5.41) is 2.74. The van der Waals surface area contributed by atoms with Crippen LogP contribution in [0.25, 0.3) is 0 Å². The van der Waals surface area contributed by atoms with Gasteiger partial charge in [-0.05, 0) is 6.42 Å². The van der Waals surface area contributed by atoms with E-state index in [0.717, 1.165) is 23.8 Å². The van der Waals surface area contributed by atoms with Crippen molar-refractivity contribution in [2.75, 3.05) is 33.5 Å². The molecule has 13 heteroatoms. The molecule has 0 aromatic carbocycles. The molecular formula is C27H44N3O9P. The van der Waals surface area contributed by atoms with Crippen molar-refractivity contribution in [3.05, 3.63) is 32.6 Å². The van der Waals surface area contributed by atoms with Gasteiger partial charge in [0, 0.05) is 6.42 Å². The number of nitrogens with one attached hydrogen (secondary N) is 2. The Hall–Kier alpha value is -2.10. The number of aromatic amines is 1. The van der Waals surface area contributed by atoms with Gasteiger partial charge in [0.05, 0.1) is 0 Å². The Balaban J connectivity index is 1.54. The zero-order valence-corrected chi connectivity index (χ0v) is 24.7. The fourth-order valence-electron chi connectivity index (χ4n) is 5.11. The molecule has 40 heavy (non-hydrogen) atoms. The third-order valence-electron chi connectivity index (χ3n) is 7.06. The van der Waals surface area contributed by atoms with Crippen molar-refractivity contribution in [2.45, 2.75) is 95.2 Å². The Morgan fingerprint density at radius 3 is 2.52 bits per heavy atom. The summed E-state index contributed by atoms with van der Waals surface area (Å²) in [5.74, 6) is 5.36. The normalized spacial score (nSPS) is 24.1. The Morgan fingerprint density at radius 1 is 1.20 bits per heavy atom. The minimum absolute atomic E-state index is 0.000878. The van der Waals surface area contributed by atoms with Crippen molar-refractivity contribution in [1.82, 2.24) is 14.9 Å². The first kappa shape index (κ1) is 32.4. The molecule has 2 aliphatic heterocycles. The number of hydrogen-bond acceptors (Lipinski definition) is 9. The second-order valence-corrected chi connectivity index (χ2v) is 12.7. The number of hydrogen-bond donors (Lipinski definition) is 4. The predicted octanol–water partition coefficient (Wildman–Crippen LogP) is 1.73. The molecule has 3 heterocycles. The summed E-state index contributed by atoms with van der Waals surface area (Å²) in [6.45, 7) is 3.55. The average molecular weight is 586 g/mol. The summed E-state index contributed by atoms with van der Waals surface area (Å²) in [6.07, 6.45) is 9.49. The van der Waals surface area contributed by atoms with Crippen LogP contribution in [0.4, 0.5) is 0 Å². The van der Waals surface area contributed by atoms with Crippen LogP contribution in [-0.4, -0.2) is 76.6 Å². The predicted molar refractivity (Wildman–Crippen MR) is 151 cm³/mol. The molecule has 1 aromatic heterocycles. The first-order valence-corrected chi connectivity index (χ1v) is 16.4. The summed E-state index contributed by atoms with van der Waals surface area (Å²) in [5.41, 5.74) is -2.58. The number of rotatable bonds is 16. The molecule has 0 aliphatic carbocycles. The molecule has 2 bridgehead atoms. The number of H-pyrrole nitrogens is 1. The van der Waals surface area contributed by atoms with Crippen LogP contribution < -0.4 is 16.6 Å². The van der Waals surface area contributed by atoms with Gasteiger partial charge in [-0.2, -0.15) is 0 Å². The van der Waals surface area contributed by atoms with Crippen LogP contribution in [0.3, 0.4) is 0 Å². The zero-order chi connectivity index (χ0) is 29.2. The first-order chi connectivity index (χ1) is 19.1. The van der Waals surface area contributed by atoms with Gasteiger partial charge in [0.25, 0.3) is 0 Å². The number of methoxy groups -OCH3 is 1. The van der Waals surface area contributed by atoms with Crippen molar-refractivity contribution in [3.8, 4) is 11.8 Å². The van der Waals surface area contributed by atoms with Gasteiger partial charge in [-0.3, -0.25) is 4.79 Å². The Kier molecular flexibility index (Phi) is 12.3. The molecule has 12 nitrogen and oxygen atoms in total. The number of carbonyl (C=O) groups is 1. The standard InChI is InChI=1S/C27H44N3O9P/c1-4-5-6-7-8-9-10-11-12-15-21(31)28-16-13-14-20-17-30(26(33)29-24(20)32)25-22-23(39-40(3,34)35)27(38-25,18-36-2)19-37-22/h17,22-23,25,34-35,40H,4-12,15-16,18-19H2,1-3H3,(H,28,31)(H,29,32,33)/t22?,23-,25+,27+/m0/s1. The van der Waals surface area contributed by atoms with Crippen LogP contribution in [0.5, 0.6) is 0 Å². The van der Waals surface area contributed by atoms with Gasteiger partial charge in [-0.15, -0.1) is 0 Å². The molecule has 0 radical (unpaired) electrons. The topological polar surface area (TPSA) is 161 Å². The molecule has 4 N–H and O–H groups in total. The van der Waals surface area contributed by atoms with E-state index in [2.05, 4.69) is 29.1 Å². The molecule has 0 saturated carbocycles. The number of aromatic nitrogens is 2. The Bertz CT molecular complexity index is 1150. The number of nitrogens with zero attached hydrogens (tertiary/aromatic N) is 1. The molecule has 1 unspecified atom stereocenters. The summed E-state index contributed by atoms with van der Waals surface area (Å²) in [4.78, 5) is 59.3. The molecule has 226 valence electrons. The molecule has 4 atom stereocenters. The quantitative estimate of drug-likeness (QED) is 0.129. The SMILES string of the molecule is CCCCCCCCCCCC(=O)NCC#Cc1cn([C@@H]2O[C@]3(COC)COC2[C@@H]3O[PH](C)(O)O)c(=O)[nH]c1=O. The van der Waals surface area contributed by atoms with E-state index in [1.807, 2.05) is 0 Å². The van der Waals surface area contributed by atoms with Gasteiger partial charge in [0.1, 0.15) is 0 Å². The van der Waals surface area contributed by atoms with Gasteiger partial charge < -0.3 is 0 Å². The molecule has 2 aliphatic rings. The summed E-state index contributed by atoms with van der Waals surface area (Å²) in [6, 6.07) is 0. The van der Waals surface area contributed by atoms with E-state index in [0.29, 0.717) is 6.42 Å². The molecular weight excluding hydrogens is 541 g/mol. The summed E-state index contributed by atoms with van der Waals surface area (Å²) < 4.78 is 23.8. The second-order valence-electron chi connectivity index (χ2n) is 10.6. The molecule has 0 spiro atoms. The van der Waals surface area contributed by atoms with Crippen molar-refractivity contribution in [1.29, 1.82) is 0 Å². The van der Waals surface area contributed by atoms with Gasteiger partial charge in [-0.25, -0.2) is 0 Å². The maximum absolute atomic E-state index is 12.7. The van der Waals surface area contributed by atoms with E-state index in [1.54, 1.807) is 0 Å². The Morgan fingerprint density at radius 2 is 1.88 bits per heavy atom. The first-order valence-electron chi connectivity index (χ1n) is 14.1. The van der Waals surface area contributed by atoms with Gasteiger partial charge in [0.15, 0.2) is 0 Å². The van der Waals surface area contributed by atoms with E-state index < -0.39 is 43.2 Å². The van der Waals surface area contributed by atoms with Crippen LogP contribution in [0.15, 0.2) is 15.8 Å². The summed E-state index contributed by atoms with van der Waals surface area (Å²) in [7, 11) is -2.52. The van der Waals surface area contributed by atoms with E-state index >= 15 is 0 Å². The van der Waals surface area contributed by atoms with Crippen molar-refractivity contribution >= 4 is 13.9 Å². The number of amides is 1. The van der Waals surface area contributed by atoms with Gasteiger partial charge in [-0.1, -0.05) is 58.3 Å². The number of fused-ring (bicyclic) bond motifs is 2. The van der Waals surface area contributed by atoms with Crippen LogP contribution in [0, 0.1) is 11.8 Å². The second kappa shape index (κ2) is 15.2. The molecule has 2 saturated heterocycles. The number of unbranched alkanes of at least 4 members (excludes halogenated alkanes) is 8. The van der Waals surface area contributed by atoms with Crippen LogP contribution in [0.2, 0.25) is 0 Å². The van der Waals surface area contributed by atoms with Crippen LogP contribution >= 0.6 is 7.94 Å². The van der Waals surface area contributed by atoms with Crippen molar-refractivity contribution in [3.63, 3.8) is 0 Å². The van der Waals surface area contributed by atoms with Gasteiger partial charge >= 0.3 is 159 Å². The molecule has 1 aromatic rings. The van der Waals surface area contributed by atoms with E-state index in [4.69, 9.17) is 18.7 Å².